The number of aromatic nitrogens is 5. The minimum atomic E-state index is 0.374. The molecule has 0 radical (unpaired) electrons. The fourth-order valence-corrected chi connectivity index (χ4v) is 2.33. The van der Waals surface area contributed by atoms with Crippen LogP contribution in [0.5, 0.6) is 0 Å². The van der Waals surface area contributed by atoms with Crippen molar-refractivity contribution < 1.29 is 13.4 Å². The monoisotopic (exact) mass is 326 g/mol. The molecule has 0 aliphatic carbocycles. The van der Waals surface area contributed by atoms with Crippen LogP contribution in [-0.2, 0) is 19.6 Å². The first-order valence-corrected chi connectivity index (χ1v) is 7.32. The van der Waals surface area contributed by atoms with Crippen LogP contribution in [0.1, 0.15) is 17.4 Å². The van der Waals surface area contributed by atoms with Gasteiger partial charge in [0, 0.05) is 0 Å². The van der Waals surface area contributed by atoms with Gasteiger partial charge in [-0.2, -0.15) is 10.1 Å². The predicted molar refractivity (Wildman–Crippen MR) is 80.0 cm³/mol. The first-order valence-electron chi connectivity index (χ1n) is 7.32. The Morgan fingerprint density at radius 1 is 1.00 bits per heavy atom. The molecule has 0 aliphatic rings. The molecule has 0 fully saturated rings. The van der Waals surface area contributed by atoms with Crippen LogP contribution in [0.4, 0.5) is 0 Å². The Bertz CT molecular complexity index is 815. The van der Waals surface area contributed by atoms with Crippen molar-refractivity contribution in [3.8, 4) is 11.6 Å². The van der Waals surface area contributed by atoms with Crippen molar-refractivity contribution in [3.05, 3.63) is 60.5 Å². The lowest BCUT2D eigenvalue weighted by Crippen LogP contribution is -2.22. The van der Waals surface area contributed by atoms with Crippen LogP contribution in [0.15, 0.2) is 56.5 Å². The standard InChI is InChI=1S/C15H14N6O3/c1-3-11(22-5-1)7-21(8-12-4-2-6-23-12)9-13-18-15(20-24-13)14-16-10-17-19-14/h1-6,10H,7-9H2,(H,16,17,19). The van der Waals surface area contributed by atoms with Gasteiger partial charge < -0.3 is 13.4 Å². The van der Waals surface area contributed by atoms with Gasteiger partial charge in [-0.1, -0.05) is 5.16 Å². The van der Waals surface area contributed by atoms with Gasteiger partial charge in [0.25, 0.3) is 0 Å². The fraction of sp³-hybridized carbons (Fsp3) is 0.200. The number of furan rings is 2. The summed E-state index contributed by atoms with van der Waals surface area (Å²) in [6.07, 6.45) is 4.69. The van der Waals surface area contributed by atoms with E-state index in [1.807, 2.05) is 24.3 Å². The van der Waals surface area contributed by atoms with Gasteiger partial charge >= 0.3 is 0 Å². The fourth-order valence-electron chi connectivity index (χ4n) is 2.33. The molecule has 0 aromatic carbocycles. The maximum Gasteiger partial charge on any atom is 0.241 e. The van der Waals surface area contributed by atoms with Crippen LogP contribution in [0, 0.1) is 0 Å². The number of rotatable bonds is 7. The van der Waals surface area contributed by atoms with E-state index in [4.69, 9.17) is 13.4 Å². The first-order chi connectivity index (χ1) is 11.9. The molecular weight excluding hydrogens is 312 g/mol. The van der Waals surface area contributed by atoms with E-state index < -0.39 is 0 Å². The SMILES string of the molecule is c1coc(CN(Cc2ccco2)Cc2nc(-c3ncn[nH]3)no2)c1. The zero-order valence-electron chi connectivity index (χ0n) is 12.6. The Labute approximate surface area is 136 Å². The van der Waals surface area contributed by atoms with E-state index in [1.54, 1.807) is 12.5 Å². The van der Waals surface area contributed by atoms with Crippen LogP contribution in [0.2, 0.25) is 0 Å². The number of hydrogen-bond donors (Lipinski definition) is 1. The Kier molecular flexibility index (Phi) is 3.90. The van der Waals surface area contributed by atoms with Crippen LogP contribution in [0.3, 0.4) is 0 Å². The minimum Gasteiger partial charge on any atom is -0.468 e. The molecule has 0 atom stereocenters. The molecule has 122 valence electrons. The third kappa shape index (κ3) is 3.25. The molecule has 9 heteroatoms. The second-order valence-corrected chi connectivity index (χ2v) is 5.15. The van der Waals surface area contributed by atoms with Gasteiger partial charge in [0.1, 0.15) is 17.8 Å². The lowest BCUT2D eigenvalue weighted by atomic mass is 10.3. The van der Waals surface area contributed by atoms with Crippen LogP contribution in [0.25, 0.3) is 11.6 Å². The Morgan fingerprint density at radius 3 is 2.33 bits per heavy atom. The van der Waals surface area contributed by atoms with E-state index >= 15 is 0 Å². The highest BCUT2D eigenvalue weighted by molar-refractivity contribution is 5.39. The smallest absolute Gasteiger partial charge is 0.241 e. The van der Waals surface area contributed by atoms with E-state index in [9.17, 15) is 0 Å². The van der Waals surface area contributed by atoms with E-state index in [0.717, 1.165) is 11.5 Å². The molecule has 0 saturated carbocycles. The predicted octanol–water partition coefficient (Wildman–Crippen LogP) is 2.24. The third-order valence-electron chi connectivity index (χ3n) is 3.37. The van der Waals surface area contributed by atoms with Crippen molar-refractivity contribution in [1.82, 2.24) is 30.2 Å². The summed E-state index contributed by atoms with van der Waals surface area (Å²) in [7, 11) is 0. The molecule has 4 aromatic rings. The van der Waals surface area contributed by atoms with Crippen LogP contribution in [-0.4, -0.2) is 30.2 Å². The second-order valence-electron chi connectivity index (χ2n) is 5.15. The summed E-state index contributed by atoms with van der Waals surface area (Å²) in [4.78, 5) is 10.4. The molecule has 0 aliphatic heterocycles. The molecule has 4 aromatic heterocycles. The average molecular weight is 326 g/mol. The van der Waals surface area contributed by atoms with Crippen molar-refractivity contribution in [2.45, 2.75) is 19.6 Å². The number of hydrogen-bond acceptors (Lipinski definition) is 8. The molecule has 0 bridgehead atoms. The number of aromatic amines is 1. The van der Waals surface area contributed by atoms with E-state index in [2.05, 4.69) is 30.2 Å². The van der Waals surface area contributed by atoms with Crippen molar-refractivity contribution in [2.24, 2.45) is 0 Å². The largest absolute Gasteiger partial charge is 0.468 e. The van der Waals surface area contributed by atoms with Crippen molar-refractivity contribution in [1.29, 1.82) is 0 Å². The highest BCUT2D eigenvalue weighted by Crippen LogP contribution is 2.16. The normalized spacial score (nSPS) is 11.4. The minimum absolute atomic E-state index is 0.374. The Balaban J connectivity index is 1.50. The van der Waals surface area contributed by atoms with Gasteiger partial charge in [-0.3, -0.25) is 10.00 Å². The Morgan fingerprint density at radius 2 is 1.75 bits per heavy atom. The van der Waals surface area contributed by atoms with Gasteiger partial charge in [0.05, 0.1) is 32.2 Å². The van der Waals surface area contributed by atoms with E-state index in [-0.39, 0.29) is 0 Å². The number of H-pyrrole nitrogens is 1. The first kappa shape index (κ1) is 14.4. The lowest BCUT2D eigenvalue weighted by molar-refractivity contribution is 0.183. The molecule has 4 heterocycles. The van der Waals surface area contributed by atoms with Crippen LogP contribution >= 0.6 is 0 Å². The summed E-state index contributed by atoms with van der Waals surface area (Å²) in [6, 6.07) is 7.55. The van der Waals surface area contributed by atoms with Gasteiger partial charge in [-0.05, 0) is 24.3 Å². The van der Waals surface area contributed by atoms with Crippen molar-refractivity contribution >= 4 is 0 Å². The molecule has 0 spiro atoms. The summed E-state index contributed by atoms with van der Waals surface area (Å²) < 4.78 is 16.2. The third-order valence-corrected chi connectivity index (χ3v) is 3.37. The maximum absolute atomic E-state index is 5.42. The molecular formula is C15H14N6O3. The topological polar surface area (TPSA) is 110 Å². The molecule has 0 amide bonds. The molecule has 4 rings (SSSR count). The summed E-state index contributed by atoms with van der Waals surface area (Å²) in [5.41, 5.74) is 0. The van der Waals surface area contributed by atoms with Gasteiger partial charge in [0.15, 0.2) is 5.82 Å². The molecule has 1 N–H and O–H groups in total. The van der Waals surface area contributed by atoms with Crippen molar-refractivity contribution in [2.75, 3.05) is 0 Å². The quantitative estimate of drug-likeness (QED) is 0.550. The molecule has 0 unspecified atom stereocenters. The second kappa shape index (κ2) is 6.50. The summed E-state index contributed by atoms with van der Waals surface area (Å²) in [5, 5.41) is 10.4. The number of nitrogens with zero attached hydrogens (tertiary/aromatic N) is 5. The maximum atomic E-state index is 5.42. The molecule has 24 heavy (non-hydrogen) atoms. The summed E-state index contributed by atoms with van der Waals surface area (Å²) in [6.45, 7) is 1.63. The molecule has 9 nitrogen and oxygen atoms in total. The molecule has 0 saturated heterocycles. The summed E-state index contributed by atoms with van der Waals surface area (Å²) >= 11 is 0. The van der Waals surface area contributed by atoms with Gasteiger partial charge in [0.2, 0.25) is 11.7 Å². The summed E-state index contributed by atoms with van der Waals surface area (Å²) in [5.74, 6) is 3.00. The van der Waals surface area contributed by atoms with Gasteiger partial charge in [-0.25, -0.2) is 4.98 Å². The highest BCUT2D eigenvalue weighted by Gasteiger charge is 2.17. The number of nitrogens with one attached hydrogen (secondary N) is 1. The highest BCUT2D eigenvalue weighted by atomic mass is 16.5. The van der Waals surface area contributed by atoms with E-state index in [1.165, 1.54) is 6.33 Å². The van der Waals surface area contributed by atoms with Crippen LogP contribution < -0.4 is 0 Å². The Hall–Kier alpha value is -3.20. The lowest BCUT2D eigenvalue weighted by Gasteiger charge is -2.17. The van der Waals surface area contributed by atoms with Crippen molar-refractivity contribution in [3.63, 3.8) is 0 Å². The van der Waals surface area contributed by atoms with E-state index in [0.29, 0.717) is 37.2 Å². The van der Waals surface area contributed by atoms with Gasteiger partial charge in [-0.15, -0.1) is 0 Å². The zero-order chi connectivity index (χ0) is 16.2. The average Bonchev–Trinajstić information content (AvgIpc) is 3.37. The zero-order valence-corrected chi connectivity index (χ0v) is 12.6.